The number of hydrogen-bond donors (Lipinski definition) is 4. The SMILES string of the molecule is CN(C(=N)N)C(=O)c1cc2c(C(F)(F)F)ccc(OCc3ccccc3CN)c2[nH]1. The number of amides is 1. The van der Waals surface area contributed by atoms with Gasteiger partial charge < -0.3 is 21.2 Å². The highest BCUT2D eigenvalue weighted by Crippen LogP contribution is 2.39. The molecule has 3 aromatic rings. The Morgan fingerprint density at radius 3 is 2.47 bits per heavy atom. The number of aromatic amines is 1. The number of carbonyl (C=O) groups is 1. The highest BCUT2D eigenvalue weighted by Gasteiger charge is 2.34. The molecule has 0 saturated carbocycles. The van der Waals surface area contributed by atoms with Gasteiger partial charge >= 0.3 is 6.18 Å². The van der Waals surface area contributed by atoms with Crippen LogP contribution in [0.25, 0.3) is 10.9 Å². The number of halogens is 3. The Morgan fingerprint density at radius 2 is 1.87 bits per heavy atom. The van der Waals surface area contributed by atoms with Crippen LogP contribution in [0.2, 0.25) is 0 Å². The third-order valence-corrected chi connectivity index (χ3v) is 4.68. The molecule has 3 rings (SSSR count). The van der Waals surface area contributed by atoms with Gasteiger partial charge in [0, 0.05) is 19.0 Å². The van der Waals surface area contributed by atoms with E-state index in [1.807, 2.05) is 24.3 Å². The standard InChI is InChI=1S/C20H20F3N5O2/c1-28(19(25)26)18(29)15-8-13-14(20(21,22)23)6-7-16(17(13)27-15)30-10-12-5-3-2-4-11(12)9-24/h2-8,27H,9-10,24H2,1H3,(H3,25,26). The molecular formula is C20H20F3N5O2. The zero-order chi connectivity index (χ0) is 22.1. The number of benzene rings is 2. The van der Waals surface area contributed by atoms with Gasteiger partial charge in [-0.2, -0.15) is 13.2 Å². The largest absolute Gasteiger partial charge is 0.487 e. The Kier molecular flexibility index (Phi) is 5.70. The summed E-state index contributed by atoms with van der Waals surface area (Å²) in [6, 6.07) is 10.5. The molecule has 0 fully saturated rings. The van der Waals surface area contributed by atoms with Crippen molar-refractivity contribution in [3.8, 4) is 5.75 Å². The summed E-state index contributed by atoms with van der Waals surface area (Å²) in [5.41, 5.74) is 11.6. The summed E-state index contributed by atoms with van der Waals surface area (Å²) in [6.07, 6.45) is -4.63. The summed E-state index contributed by atoms with van der Waals surface area (Å²) in [6.45, 7) is 0.379. The first-order chi connectivity index (χ1) is 14.1. The monoisotopic (exact) mass is 419 g/mol. The van der Waals surface area contributed by atoms with Crippen LogP contribution in [-0.2, 0) is 19.3 Å². The van der Waals surface area contributed by atoms with Gasteiger partial charge in [-0.1, -0.05) is 24.3 Å². The lowest BCUT2D eigenvalue weighted by atomic mass is 10.1. The molecular weight excluding hydrogens is 399 g/mol. The molecule has 0 saturated heterocycles. The van der Waals surface area contributed by atoms with Gasteiger partial charge in [-0.05, 0) is 29.3 Å². The number of alkyl halides is 3. The maximum atomic E-state index is 13.5. The Hall–Kier alpha value is -3.53. The number of carbonyl (C=O) groups excluding carboxylic acids is 1. The fourth-order valence-electron chi connectivity index (χ4n) is 3.02. The van der Waals surface area contributed by atoms with Crippen molar-refractivity contribution < 1.29 is 22.7 Å². The molecule has 158 valence electrons. The number of nitrogens with zero attached hydrogens (tertiary/aromatic N) is 1. The molecule has 1 heterocycles. The summed E-state index contributed by atoms with van der Waals surface area (Å²) in [7, 11) is 1.25. The predicted octanol–water partition coefficient (Wildman–Crippen LogP) is 3.19. The summed E-state index contributed by atoms with van der Waals surface area (Å²) in [5.74, 6) is -1.13. The number of aromatic nitrogens is 1. The minimum atomic E-state index is -4.63. The molecule has 0 atom stereocenters. The molecule has 0 aliphatic heterocycles. The van der Waals surface area contributed by atoms with Gasteiger partial charge in [-0.15, -0.1) is 0 Å². The molecule has 0 unspecified atom stereocenters. The van der Waals surface area contributed by atoms with Crippen molar-refractivity contribution in [2.24, 2.45) is 11.5 Å². The number of hydrogen-bond acceptors (Lipinski definition) is 4. The van der Waals surface area contributed by atoms with Gasteiger partial charge in [0.15, 0.2) is 5.96 Å². The summed E-state index contributed by atoms with van der Waals surface area (Å²) >= 11 is 0. The minimum Gasteiger partial charge on any atom is -0.487 e. The first-order valence-electron chi connectivity index (χ1n) is 8.88. The lowest BCUT2D eigenvalue weighted by molar-refractivity contribution is -0.136. The van der Waals surface area contributed by atoms with Crippen LogP contribution in [-0.4, -0.2) is 28.8 Å². The average molecular weight is 419 g/mol. The molecule has 1 amide bonds. The quantitative estimate of drug-likeness (QED) is 0.375. The molecule has 0 aliphatic carbocycles. The predicted molar refractivity (Wildman–Crippen MR) is 106 cm³/mol. The van der Waals surface area contributed by atoms with Crippen LogP contribution >= 0.6 is 0 Å². The van der Waals surface area contributed by atoms with E-state index in [9.17, 15) is 18.0 Å². The summed E-state index contributed by atoms with van der Waals surface area (Å²) in [5, 5.41) is 7.14. The maximum absolute atomic E-state index is 13.5. The van der Waals surface area contributed by atoms with Crippen LogP contribution in [0.4, 0.5) is 13.2 Å². The molecule has 30 heavy (non-hydrogen) atoms. The lowest BCUT2D eigenvalue weighted by Crippen LogP contribution is -2.38. The Balaban J connectivity index is 2.04. The number of nitrogens with two attached hydrogens (primary N) is 2. The van der Waals surface area contributed by atoms with Gasteiger partial charge in [0.2, 0.25) is 0 Å². The normalized spacial score (nSPS) is 11.5. The third-order valence-electron chi connectivity index (χ3n) is 4.68. The van der Waals surface area contributed by atoms with E-state index in [4.69, 9.17) is 21.6 Å². The minimum absolute atomic E-state index is 0.0235. The van der Waals surface area contributed by atoms with E-state index in [-0.39, 0.29) is 29.0 Å². The van der Waals surface area contributed by atoms with Crippen LogP contribution in [0.15, 0.2) is 42.5 Å². The molecule has 1 aromatic heterocycles. The second-order valence-electron chi connectivity index (χ2n) is 6.59. The van der Waals surface area contributed by atoms with Gasteiger partial charge in [-0.3, -0.25) is 15.1 Å². The summed E-state index contributed by atoms with van der Waals surface area (Å²) < 4.78 is 46.2. The molecule has 2 aromatic carbocycles. The van der Waals surface area contributed by atoms with Gasteiger partial charge in [0.05, 0.1) is 11.1 Å². The molecule has 0 bridgehead atoms. The van der Waals surface area contributed by atoms with Gasteiger partial charge in [-0.25, -0.2) is 0 Å². The van der Waals surface area contributed by atoms with Gasteiger partial charge in [0.1, 0.15) is 18.1 Å². The Morgan fingerprint density at radius 1 is 1.20 bits per heavy atom. The van der Waals surface area contributed by atoms with Crippen molar-refractivity contribution in [2.45, 2.75) is 19.3 Å². The van der Waals surface area contributed by atoms with Crippen LogP contribution in [0, 0.1) is 5.41 Å². The van der Waals surface area contributed by atoms with Crippen molar-refractivity contribution in [2.75, 3.05) is 7.05 Å². The van der Waals surface area contributed by atoms with E-state index in [1.54, 1.807) is 0 Å². The Bertz CT molecular complexity index is 1110. The smallest absolute Gasteiger partial charge is 0.417 e. The van der Waals surface area contributed by atoms with Crippen LogP contribution in [0.1, 0.15) is 27.2 Å². The first-order valence-corrected chi connectivity index (χ1v) is 8.88. The zero-order valence-electron chi connectivity index (χ0n) is 16.0. The topological polar surface area (TPSA) is 121 Å². The van der Waals surface area contributed by atoms with E-state index in [2.05, 4.69) is 4.98 Å². The number of H-pyrrole nitrogens is 1. The van der Waals surface area contributed by atoms with Crippen molar-refractivity contribution >= 4 is 22.8 Å². The molecule has 0 spiro atoms. The van der Waals surface area contributed by atoms with E-state index < -0.39 is 23.6 Å². The molecule has 0 radical (unpaired) electrons. The maximum Gasteiger partial charge on any atom is 0.417 e. The number of guanidine groups is 1. The van der Waals surface area contributed by atoms with E-state index in [1.165, 1.54) is 13.1 Å². The lowest BCUT2D eigenvalue weighted by Gasteiger charge is -2.13. The Labute approximate surface area is 169 Å². The van der Waals surface area contributed by atoms with Crippen molar-refractivity contribution in [3.63, 3.8) is 0 Å². The van der Waals surface area contributed by atoms with E-state index >= 15 is 0 Å². The second kappa shape index (κ2) is 8.07. The van der Waals surface area contributed by atoms with Crippen molar-refractivity contribution in [3.05, 3.63) is 64.8 Å². The number of fused-ring (bicyclic) bond motifs is 1. The van der Waals surface area contributed by atoms with E-state index in [0.717, 1.165) is 28.2 Å². The van der Waals surface area contributed by atoms with E-state index in [0.29, 0.717) is 6.54 Å². The summed E-state index contributed by atoms with van der Waals surface area (Å²) in [4.78, 5) is 15.9. The molecule has 10 heteroatoms. The zero-order valence-corrected chi connectivity index (χ0v) is 16.0. The highest BCUT2D eigenvalue weighted by atomic mass is 19.4. The average Bonchev–Trinajstić information content (AvgIpc) is 3.15. The number of ether oxygens (including phenoxy) is 1. The van der Waals surface area contributed by atoms with Crippen LogP contribution < -0.4 is 16.2 Å². The second-order valence-corrected chi connectivity index (χ2v) is 6.59. The van der Waals surface area contributed by atoms with Crippen LogP contribution in [0.5, 0.6) is 5.75 Å². The van der Waals surface area contributed by atoms with Crippen LogP contribution in [0.3, 0.4) is 0 Å². The number of nitrogens with one attached hydrogen (secondary N) is 2. The van der Waals surface area contributed by atoms with Crippen molar-refractivity contribution in [1.29, 1.82) is 5.41 Å². The van der Waals surface area contributed by atoms with Crippen molar-refractivity contribution in [1.82, 2.24) is 9.88 Å². The highest BCUT2D eigenvalue weighted by molar-refractivity contribution is 6.06. The third kappa shape index (κ3) is 4.08. The van der Waals surface area contributed by atoms with Gasteiger partial charge in [0.25, 0.3) is 5.91 Å². The fraction of sp³-hybridized carbons (Fsp3) is 0.200. The molecule has 7 nitrogen and oxygen atoms in total. The molecule has 0 aliphatic rings. The molecule has 6 N–H and O–H groups in total. The number of rotatable bonds is 5. The fourth-order valence-corrected chi connectivity index (χ4v) is 3.02. The first kappa shape index (κ1) is 21.2.